The largest absolute Gasteiger partial charge is 0.508 e. The number of benzene rings is 2. The van der Waals surface area contributed by atoms with Crippen LogP contribution in [0.2, 0.25) is 10.0 Å². The Kier molecular flexibility index (Phi) is 7.06. The quantitative estimate of drug-likeness (QED) is 0.646. The van der Waals surface area contributed by atoms with Crippen LogP contribution in [0.15, 0.2) is 47.6 Å². The van der Waals surface area contributed by atoms with Crippen LogP contribution < -0.4 is 4.74 Å². The lowest BCUT2D eigenvalue weighted by Crippen LogP contribution is -2.09. The zero-order valence-corrected chi connectivity index (χ0v) is 15.3. The summed E-state index contributed by atoms with van der Waals surface area (Å²) in [4.78, 5) is 14.2. The van der Waals surface area contributed by atoms with E-state index >= 15 is 0 Å². The lowest BCUT2D eigenvalue weighted by Gasteiger charge is -2.12. The number of nitrogens with zero attached hydrogens (tertiary/aromatic N) is 1. The number of carbonyl (C=O) groups is 1. The van der Waals surface area contributed by atoms with Crippen molar-refractivity contribution in [2.45, 2.75) is 12.8 Å². The van der Waals surface area contributed by atoms with Gasteiger partial charge >= 0.3 is 5.97 Å². The molecule has 136 valence electrons. The van der Waals surface area contributed by atoms with Gasteiger partial charge in [0.15, 0.2) is 6.61 Å². The summed E-state index contributed by atoms with van der Waals surface area (Å²) < 4.78 is 5.10. The second-order valence-corrected chi connectivity index (χ2v) is 6.27. The van der Waals surface area contributed by atoms with E-state index in [-0.39, 0.29) is 5.75 Å². The first-order valence-corrected chi connectivity index (χ1v) is 8.40. The van der Waals surface area contributed by atoms with Crippen molar-refractivity contribution in [1.82, 2.24) is 0 Å². The fourth-order valence-corrected chi connectivity index (χ4v) is 2.95. The van der Waals surface area contributed by atoms with Crippen molar-refractivity contribution < 1.29 is 19.7 Å². The molecule has 0 aromatic heterocycles. The fourth-order valence-electron chi connectivity index (χ4n) is 2.35. The van der Waals surface area contributed by atoms with Gasteiger partial charge in [0.1, 0.15) is 11.5 Å². The Hall–Kier alpha value is -2.50. The van der Waals surface area contributed by atoms with Crippen molar-refractivity contribution >= 4 is 35.9 Å². The van der Waals surface area contributed by atoms with Gasteiger partial charge in [0, 0.05) is 22.7 Å². The number of hydrogen-bond donors (Lipinski definition) is 2. The Morgan fingerprint density at radius 3 is 2.54 bits per heavy atom. The van der Waals surface area contributed by atoms with Crippen LogP contribution in [0.5, 0.6) is 11.5 Å². The molecule has 0 atom stereocenters. The van der Waals surface area contributed by atoms with Gasteiger partial charge in [-0.05, 0) is 48.0 Å². The first-order valence-electron chi connectivity index (χ1n) is 7.65. The summed E-state index contributed by atoms with van der Waals surface area (Å²) in [6.07, 6.45) is 4.33. The molecule has 7 heteroatoms. The van der Waals surface area contributed by atoms with E-state index in [1.165, 1.54) is 12.1 Å². The SMILES string of the molecule is C=N/C=C\Cc1cc(Cc2c(Cl)cc(OCC(=O)O)cc2Cl)ccc1O. The molecule has 2 aromatic rings. The second-order valence-electron chi connectivity index (χ2n) is 5.46. The van der Waals surface area contributed by atoms with Crippen molar-refractivity contribution in [3.63, 3.8) is 0 Å². The van der Waals surface area contributed by atoms with Crippen LogP contribution in [0.25, 0.3) is 0 Å². The molecule has 0 amide bonds. The maximum absolute atomic E-state index is 10.6. The van der Waals surface area contributed by atoms with Gasteiger partial charge in [0.2, 0.25) is 0 Å². The third kappa shape index (κ3) is 5.51. The summed E-state index contributed by atoms with van der Waals surface area (Å²) in [7, 11) is 0. The predicted octanol–water partition coefficient (Wildman–Crippen LogP) is 4.51. The van der Waals surface area contributed by atoms with Gasteiger partial charge in [-0.2, -0.15) is 0 Å². The minimum absolute atomic E-state index is 0.192. The second kappa shape index (κ2) is 9.27. The first kappa shape index (κ1) is 19.8. The van der Waals surface area contributed by atoms with Gasteiger partial charge in [-0.1, -0.05) is 41.4 Å². The number of hydrogen-bond acceptors (Lipinski definition) is 4. The standard InChI is InChI=1S/C19H17Cl2NO4/c1-22-6-2-3-13-7-12(4-5-18(13)23)8-15-16(20)9-14(10-17(15)21)26-11-19(24)25/h2,4-7,9-10,23H,1,3,8,11H2,(H,24,25)/b6-2-. The molecule has 0 spiro atoms. The van der Waals surface area contributed by atoms with Gasteiger partial charge < -0.3 is 14.9 Å². The van der Waals surface area contributed by atoms with Gasteiger partial charge in [-0.25, -0.2) is 4.79 Å². The van der Waals surface area contributed by atoms with Crippen molar-refractivity contribution in [2.24, 2.45) is 4.99 Å². The summed E-state index contributed by atoms with van der Waals surface area (Å²) in [5.41, 5.74) is 2.35. The average molecular weight is 394 g/mol. The van der Waals surface area contributed by atoms with Crippen LogP contribution in [0.3, 0.4) is 0 Å². The molecule has 0 saturated heterocycles. The molecule has 2 N–H and O–H groups in total. The minimum atomic E-state index is -1.08. The number of carboxylic acid groups (broad SMARTS) is 1. The molecule has 2 rings (SSSR count). The molecule has 2 aromatic carbocycles. The van der Waals surface area contributed by atoms with Crippen molar-refractivity contribution in [1.29, 1.82) is 0 Å². The van der Waals surface area contributed by atoms with E-state index in [1.807, 2.05) is 6.07 Å². The van der Waals surface area contributed by atoms with E-state index < -0.39 is 12.6 Å². The summed E-state index contributed by atoms with van der Waals surface area (Å²) >= 11 is 12.6. The highest BCUT2D eigenvalue weighted by Gasteiger charge is 2.12. The molecule has 0 aliphatic carbocycles. The maximum atomic E-state index is 10.6. The lowest BCUT2D eigenvalue weighted by atomic mass is 10.0. The van der Waals surface area contributed by atoms with Gasteiger partial charge in [0.05, 0.1) is 0 Å². The monoisotopic (exact) mass is 393 g/mol. The van der Waals surface area contributed by atoms with E-state index in [2.05, 4.69) is 11.7 Å². The summed E-state index contributed by atoms with van der Waals surface area (Å²) in [6, 6.07) is 8.34. The Balaban J connectivity index is 2.22. The summed E-state index contributed by atoms with van der Waals surface area (Å²) in [5.74, 6) is -0.602. The number of phenolic OH excluding ortho intramolecular Hbond substituents is 1. The summed E-state index contributed by atoms with van der Waals surface area (Å²) in [5, 5.41) is 19.4. The number of rotatable bonds is 8. The summed E-state index contributed by atoms with van der Waals surface area (Å²) in [6.45, 7) is 2.89. The van der Waals surface area contributed by atoms with E-state index in [1.54, 1.807) is 24.4 Å². The molecule has 0 saturated carbocycles. The molecule has 26 heavy (non-hydrogen) atoms. The van der Waals surface area contributed by atoms with Crippen LogP contribution in [-0.4, -0.2) is 29.5 Å². The maximum Gasteiger partial charge on any atom is 0.341 e. The van der Waals surface area contributed by atoms with E-state index in [9.17, 15) is 9.90 Å². The third-order valence-corrected chi connectivity index (χ3v) is 4.22. The van der Waals surface area contributed by atoms with Crippen molar-refractivity contribution in [3.8, 4) is 11.5 Å². The van der Waals surface area contributed by atoms with E-state index in [0.717, 1.165) is 11.1 Å². The number of halogens is 2. The van der Waals surface area contributed by atoms with E-state index in [0.29, 0.717) is 34.2 Å². The smallest absolute Gasteiger partial charge is 0.341 e. The zero-order valence-electron chi connectivity index (χ0n) is 13.8. The molecule has 0 aliphatic heterocycles. The molecule has 5 nitrogen and oxygen atoms in total. The molecule has 0 heterocycles. The number of aromatic hydroxyl groups is 1. The molecular formula is C19H17Cl2NO4. The highest BCUT2D eigenvalue weighted by molar-refractivity contribution is 6.36. The number of aliphatic carboxylic acids is 1. The molecule has 0 bridgehead atoms. The number of aliphatic imine (C=N–C) groups is 1. The fraction of sp³-hybridized carbons (Fsp3) is 0.158. The number of ether oxygens (including phenoxy) is 1. The normalized spacial score (nSPS) is 10.8. The molecular weight excluding hydrogens is 377 g/mol. The Labute approximate surface area is 161 Å². The molecule has 0 fully saturated rings. The Morgan fingerprint density at radius 2 is 1.92 bits per heavy atom. The molecule has 0 aliphatic rings. The van der Waals surface area contributed by atoms with Crippen LogP contribution in [-0.2, 0) is 17.6 Å². The highest BCUT2D eigenvalue weighted by Crippen LogP contribution is 2.33. The van der Waals surface area contributed by atoms with Crippen LogP contribution >= 0.6 is 23.2 Å². The Morgan fingerprint density at radius 1 is 1.23 bits per heavy atom. The van der Waals surface area contributed by atoms with Crippen LogP contribution in [0.4, 0.5) is 0 Å². The van der Waals surface area contributed by atoms with Gasteiger partial charge in [-0.15, -0.1) is 0 Å². The highest BCUT2D eigenvalue weighted by atomic mass is 35.5. The molecule has 0 radical (unpaired) electrons. The topological polar surface area (TPSA) is 79.1 Å². The van der Waals surface area contributed by atoms with Crippen LogP contribution in [0, 0.1) is 0 Å². The van der Waals surface area contributed by atoms with Crippen molar-refractivity contribution in [3.05, 3.63) is 69.3 Å². The van der Waals surface area contributed by atoms with E-state index in [4.69, 9.17) is 33.0 Å². The molecule has 0 unspecified atom stereocenters. The van der Waals surface area contributed by atoms with Crippen molar-refractivity contribution in [2.75, 3.05) is 6.61 Å². The van der Waals surface area contributed by atoms with Gasteiger partial charge in [-0.3, -0.25) is 4.99 Å². The van der Waals surface area contributed by atoms with Gasteiger partial charge in [0.25, 0.3) is 0 Å². The zero-order chi connectivity index (χ0) is 19.1. The third-order valence-electron chi connectivity index (χ3n) is 3.55. The Bertz CT molecular complexity index is 826. The predicted molar refractivity (Wildman–Crippen MR) is 103 cm³/mol. The van der Waals surface area contributed by atoms with Crippen LogP contribution in [0.1, 0.15) is 16.7 Å². The average Bonchev–Trinajstić information content (AvgIpc) is 2.59. The first-order chi connectivity index (χ1) is 12.4. The minimum Gasteiger partial charge on any atom is -0.508 e. The lowest BCUT2D eigenvalue weighted by molar-refractivity contribution is -0.139. The number of carboxylic acids is 1. The number of phenols is 1. The number of allylic oxidation sites excluding steroid dienone is 1.